The molecule has 1 atom stereocenters. The standard InChI is InChI=1S/C23H26N4O/c28-23(20-12-7-13-24-14-20)25-15-21-17-27(16-18-8-3-1-4-9-18)26-22(21)19-10-5-2-6-11-19/h1-6,8-11,17,20,24H,7,12-16H2,(H,25,28). The van der Waals surface area contributed by atoms with Crippen LogP contribution in [-0.2, 0) is 17.9 Å². The SMILES string of the molecule is O=C(NCc1cn(Cc2ccccc2)nc1-c1ccccc1)C1CCCNC1. The Bertz CT molecular complexity index is 899. The van der Waals surface area contributed by atoms with Gasteiger partial charge in [0.25, 0.3) is 0 Å². The first kappa shape index (κ1) is 18.4. The van der Waals surface area contributed by atoms with E-state index < -0.39 is 0 Å². The van der Waals surface area contributed by atoms with Crippen molar-refractivity contribution < 1.29 is 4.79 Å². The predicted octanol–water partition coefficient (Wildman–Crippen LogP) is 3.21. The lowest BCUT2D eigenvalue weighted by atomic mass is 9.99. The molecule has 0 saturated carbocycles. The fourth-order valence-corrected chi connectivity index (χ4v) is 3.68. The molecule has 2 heterocycles. The van der Waals surface area contributed by atoms with Gasteiger partial charge in [-0.2, -0.15) is 5.10 Å². The first-order valence-electron chi connectivity index (χ1n) is 9.94. The van der Waals surface area contributed by atoms with Crippen molar-refractivity contribution in [1.29, 1.82) is 0 Å². The second-order valence-corrected chi connectivity index (χ2v) is 7.31. The van der Waals surface area contributed by atoms with Crippen molar-refractivity contribution in [3.63, 3.8) is 0 Å². The molecule has 0 spiro atoms. The van der Waals surface area contributed by atoms with Crippen LogP contribution in [-0.4, -0.2) is 28.8 Å². The van der Waals surface area contributed by atoms with Gasteiger partial charge >= 0.3 is 0 Å². The number of carbonyl (C=O) groups is 1. The third-order valence-electron chi connectivity index (χ3n) is 5.19. The van der Waals surface area contributed by atoms with Gasteiger partial charge in [-0.05, 0) is 24.9 Å². The van der Waals surface area contributed by atoms with Crippen molar-refractivity contribution >= 4 is 5.91 Å². The van der Waals surface area contributed by atoms with Crippen molar-refractivity contribution in [2.45, 2.75) is 25.9 Å². The Morgan fingerprint density at radius 2 is 1.86 bits per heavy atom. The Kier molecular flexibility index (Phi) is 5.83. The fraction of sp³-hybridized carbons (Fsp3) is 0.304. The number of carbonyl (C=O) groups excluding carboxylic acids is 1. The zero-order chi connectivity index (χ0) is 19.2. The average Bonchev–Trinajstić information content (AvgIpc) is 3.16. The number of nitrogens with one attached hydrogen (secondary N) is 2. The summed E-state index contributed by atoms with van der Waals surface area (Å²) in [7, 11) is 0. The minimum absolute atomic E-state index is 0.0632. The molecule has 4 rings (SSSR count). The first-order chi connectivity index (χ1) is 13.8. The van der Waals surface area contributed by atoms with Crippen LogP contribution in [0.3, 0.4) is 0 Å². The lowest BCUT2D eigenvalue weighted by Crippen LogP contribution is -2.40. The van der Waals surface area contributed by atoms with Gasteiger partial charge in [0, 0.05) is 30.4 Å². The van der Waals surface area contributed by atoms with Crippen LogP contribution in [0.1, 0.15) is 24.0 Å². The number of hydrogen-bond acceptors (Lipinski definition) is 3. The van der Waals surface area contributed by atoms with E-state index >= 15 is 0 Å². The molecule has 144 valence electrons. The Morgan fingerprint density at radius 1 is 1.11 bits per heavy atom. The highest BCUT2D eigenvalue weighted by Gasteiger charge is 2.21. The molecule has 0 radical (unpaired) electrons. The molecule has 2 aromatic carbocycles. The van der Waals surface area contributed by atoms with E-state index in [0.29, 0.717) is 13.1 Å². The molecule has 1 fully saturated rings. The van der Waals surface area contributed by atoms with E-state index in [1.807, 2.05) is 41.1 Å². The molecule has 2 N–H and O–H groups in total. The molecule has 0 bridgehead atoms. The number of piperidine rings is 1. The quantitative estimate of drug-likeness (QED) is 0.697. The number of nitrogens with zero attached hydrogens (tertiary/aromatic N) is 2. The van der Waals surface area contributed by atoms with Crippen LogP contribution in [0.25, 0.3) is 11.3 Å². The maximum Gasteiger partial charge on any atom is 0.224 e. The van der Waals surface area contributed by atoms with E-state index in [2.05, 4.69) is 41.1 Å². The summed E-state index contributed by atoms with van der Waals surface area (Å²) in [5.41, 5.74) is 4.24. The predicted molar refractivity (Wildman–Crippen MR) is 111 cm³/mol. The van der Waals surface area contributed by atoms with E-state index in [1.54, 1.807) is 0 Å². The smallest absolute Gasteiger partial charge is 0.224 e. The van der Waals surface area contributed by atoms with Crippen LogP contribution in [0, 0.1) is 5.92 Å². The van der Waals surface area contributed by atoms with E-state index in [4.69, 9.17) is 5.10 Å². The van der Waals surface area contributed by atoms with E-state index in [9.17, 15) is 4.79 Å². The molecule has 1 unspecified atom stereocenters. The highest BCUT2D eigenvalue weighted by atomic mass is 16.1. The van der Waals surface area contributed by atoms with Gasteiger partial charge in [0.1, 0.15) is 0 Å². The highest BCUT2D eigenvalue weighted by Crippen LogP contribution is 2.22. The van der Waals surface area contributed by atoms with Crippen LogP contribution in [0.4, 0.5) is 0 Å². The van der Waals surface area contributed by atoms with Crippen molar-refractivity contribution in [3.8, 4) is 11.3 Å². The van der Waals surface area contributed by atoms with Gasteiger partial charge in [0.15, 0.2) is 0 Å². The van der Waals surface area contributed by atoms with E-state index in [1.165, 1.54) is 5.56 Å². The summed E-state index contributed by atoms with van der Waals surface area (Å²) in [6, 6.07) is 20.4. The second kappa shape index (κ2) is 8.85. The molecular weight excluding hydrogens is 348 g/mol. The Balaban J connectivity index is 1.53. The molecule has 5 nitrogen and oxygen atoms in total. The van der Waals surface area contributed by atoms with Crippen LogP contribution in [0.15, 0.2) is 66.9 Å². The monoisotopic (exact) mass is 374 g/mol. The topological polar surface area (TPSA) is 59.0 Å². The molecule has 5 heteroatoms. The summed E-state index contributed by atoms with van der Waals surface area (Å²) in [6.45, 7) is 2.98. The van der Waals surface area contributed by atoms with Crippen molar-refractivity contribution in [1.82, 2.24) is 20.4 Å². The lowest BCUT2D eigenvalue weighted by Gasteiger charge is -2.21. The Labute approximate surface area is 165 Å². The molecule has 1 aliphatic rings. The Hall–Kier alpha value is -2.92. The molecule has 28 heavy (non-hydrogen) atoms. The molecule has 1 aliphatic heterocycles. The minimum Gasteiger partial charge on any atom is -0.352 e. The summed E-state index contributed by atoms with van der Waals surface area (Å²) < 4.78 is 1.96. The summed E-state index contributed by atoms with van der Waals surface area (Å²) >= 11 is 0. The van der Waals surface area contributed by atoms with Gasteiger partial charge in [0.2, 0.25) is 5.91 Å². The van der Waals surface area contributed by atoms with Gasteiger partial charge in [-0.25, -0.2) is 0 Å². The molecule has 3 aromatic rings. The largest absolute Gasteiger partial charge is 0.352 e. The van der Waals surface area contributed by atoms with Crippen LogP contribution in [0.2, 0.25) is 0 Å². The van der Waals surface area contributed by atoms with Gasteiger partial charge in [-0.3, -0.25) is 9.48 Å². The summed E-state index contributed by atoms with van der Waals surface area (Å²) in [5, 5.41) is 11.2. The third-order valence-corrected chi connectivity index (χ3v) is 5.19. The van der Waals surface area contributed by atoms with Crippen LogP contribution >= 0.6 is 0 Å². The summed E-state index contributed by atoms with van der Waals surface area (Å²) in [4.78, 5) is 12.5. The molecular formula is C23H26N4O. The fourth-order valence-electron chi connectivity index (χ4n) is 3.68. The van der Waals surface area contributed by atoms with Crippen molar-refractivity contribution in [3.05, 3.63) is 78.0 Å². The second-order valence-electron chi connectivity index (χ2n) is 7.31. The molecule has 1 aromatic heterocycles. The van der Waals surface area contributed by atoms with Crippen molar-refractivity contribution in [2.24, 2.45) is 5.92 Å². The highest BCUT2D eigenvalue weighted by molar-refractivity contribution is 5.79. The van der Waals surface area contributed by atoms with Gasteiger partial charge in [0.05, 0.1) is 18.2 Å². The first-order valence-corrected chi connectivity index (χ1v) is 9.94. The van der Waals surface area contributed by atoms with E-state index in [-0.39, 0.29) is 11.8 Å². The Morgan fingerprint density at radius 3 is 2.57 bits per heavy atom. The summed E-state index contributed by atoms with van der Waals surface area (Å²) in [6.07, 6.45) is 4.06. The zero-order valence-corrected chi connectivity index (χ0v) is 16.0. The zero-order valence-electron chi connectivity index (χ0n) is 16.0. The van der Waals surface area contributed by atoms with Crippen molar-refractivity contribution in [2.75, 3.05) is 13.1 Å². The van der Waals surface area contributed by atoms with Gasteiger partial charge in [-0.15, -0.1) is 0 Å². The van der Waals surface area contributed by atoms with Crippen LogP contribution < -0.4 is 10.6 Å². The number of benzene rings is 2. The normalized spacial score (nSPS) is 16.6. The summed E-state index contributed by atoms with van der Waals surface area (Å²) in [5.74, 6) is 0.190. The minimum atomic E-state index is 0.0632. The molecule has 0 aliphatic carbocycles. The molecule has 1 saturated heterocycles. The number of hydrogen-bond donors (Lipinski definition) is 2. The van der Waals surface area contributed by atoms with Gasteiger partial charge < -0.3 is 10.6 Å². The molecule has 1 amide bonds. The maximum atomic E-state index is 12.5. The van der Waals surface area contributed by atoms with E-state index in [0.717, 1.165) is 42.8 Å². The third kappa shape index (κ3) is 4.49. The number of aromatic nitrogens is 2. The lowest BCUT2D eigenvalue weighted by molar-refractivity contribution is -0.125. The average molecular weight is 374 g/mol. The van der Waals surface area contributed by atoms with Crippen LogP contribution in [0.5, 0.6) is 0 Å². The van der Waals surface area contributed by atoms with Gasteiger partial charge in [-0.1, -0.05) is 60.7 Å². The number of rotatable bonds is 6. The maximum absolute atomic E-state index is 12.5. The number of amides is 1.